The molecule has 1 aromatic heterocycles. The summed E-state index contributed by atoms with van der Waals surface area (Å²) < 4.78 is 0. The van der Waals surface area contributed by atoms with Crippen molar-refractivity contribution < 1.29 is 0 Å². The van der Waals surface area contributed by atoms with Gasteiger partial charge in [-0.2, -0.15) is 4.98 Å². The third-order valence-corrected chi connectivity index (χ3v) is 4.27. The van der Waals surface area contributed by atoms with E-state index in [4.69, 9.17) is 11.6 Å². The van der Waals surface area contributed by atoms with Gasteiger partial charge in [0.25, 0.3) is 0 Å². The first kappa shape index (κ1) is 16.3. The molecule has 1 fully saturated rings. The Morgan fingerprint density at radius 2 is 2.05 bits per heavy atom. The zero-order chi connectivity index (χ0) is 15.1. The average Bonchev–Trinajstić information content (AvgIpc) is 2.53. The molecule has 5 nitrogen and oxygen atoms in total. The van der Waals surface area contributed by atoms with Crippen LogP contribution >= 0.6 is 11.6 Å². The second kappa shape index (κ2) is 8.39. The van der Waals surface area contributed by atoms with Gasteiger partial charge in [0.1, 0.15) is 10.8 Å². The zero-order valence-corrected chi connectivity index (χ0v) is 13.8. The number of likely N-dealkylation sites (tertiary alicyclic amines) is 1. The van der Waals surface area contributed by atoms with E-state index >= 15 is 0 Å². The summed E-state index contributed by atoms with van der Waals surface area (Å²) in [4.78, 5) is 11.1. The number of hydrogen-bond donors (Lipinski definition) is 2. The van der Waals surface area contributed by atoms with Crippen LogP contribution in [0.1, 0.15) is 33.1 Å². The maximum atomic E-state index is 6.17. The van der Waals surface area contributed by atoms with Gasteiger partial charge in [0.05, 0.1) is 6.20 Å². The smallest absolute Gasteiger partial charge is 0.224 e. The lowest BCUT2D eigenvalue weighted by molar-refractivity contribution is 0.198. The molecule has 2 N–H and O–H groups in total. The first-order chi connectivity index (χ1) is 10.2. The van der Waals surface area contributed by atoms with Crippen LogP contribution in [0.5, 0.6) is 0 Å². The number of piperidine rings is 1. The van der Waals surface area contributed by atoms with Crippen molar-refractivity contribution in [3.63, 3.8) is 0 Å². The first-order valence-corrected chi connectivity index (χ1v) is 8.33. The number of rotatable bonds is 7. The molecular weight excluding hydrogens is 286 g/mol. The summed E-state index contributed by atoms with van der Waals surface area (Å²) in [6.45, 7) is 9.70. The fourth-order valence-electron chi connectivity index (χ4n) is 2.56. The lowest BCUT2D eigenvalue weighted by Crippen LogP contribution is -2.35. The predicted molar refractivity (Wildman–Crippen MR) is 89.2 cm³/mol. The van der Waals surface area contributed by atoms with Crippen LogP contribution in [-0.2, 0) is 0 Å². The van der Waals surface area contributed by atoms with E-state index in [1.165, 1.54) is 25.9 Å². The molecule has 2 rings (SSSR count). The molecule has 1 aliphatic heterocycles. The van der Waals surface area contributed by atoms with Crippen LogP contribution in [0.4, 0.5) is 11.8 Å². The minimum atomic E-state index is 0.586. The van der Waals surface area contributed by atoms with Crippen LogP contribution in [0.25, 0.3) is 0 Å². The lowest BCUT2D eigenvalue weighted by atomic mass is 9.97. The number of hydrogen-bond acceptors (Lipinski definition) is 5. The summed E-state index contributed by atoms with van der Waals surface area (Å²) in [5.41, 5.74) is 0. The van der Waals surface area contributed by atoms with E-state index in [0.29, 0.717) is 16.9 Å². The molecule has 6 heteroatoms. The Hall–Kier alpha value is -1.07. The molecule has 1 aromatic rings. The molecule has 0 amide bonds. The Bertz CT molecular complexity index is 432. The van der Waals surface area contributed by atoms with E-state index < -0.39 is 0 Å². The predicted octanol–water partition coefficient (Wildman–Crippen LogP) is 3.10. The number of aromatic nitrogens is 2. The molecule has 0 aliphatic carbocycles. The summed E-state index contributed by atoms with van der Waals surface area (Å²) in [5, 5.41) is 7.16. The van der Waals surface area contributed by atoms with Crippen molar-refractivity contribution in [1.82, 2.24) is 14.9 Å². The fraction of sp³-hybridized carbons (Fsp3) is 0.733. The first-order valence-electron chi connectivity index (χ1n) is 7.95. The number of nitrogens with one attached hydrogen (secondary N) is 2. The van der Waals surface area contributed by atoms with Gasteiger partial charge in [0, 0.05) is 13.1 Å². The van der Waals surface area contributed by atoms with Gasteiger partial charge >= 0.3 is 0 Å². The average molecular weight is 312 g/mol. The molecule has 21 heavy (non-hydrogen) atoms. The van der Waals surface area contributed by atoms with E-state index in [0.717, 1.165) is 31.9 Å². The summed E-state index contributed by atoms with van der Waals surface area (Å²) in [6, 6.07) is 0. The highest BCUT2D eigenvalue weighted by atomic mass is 35.5. The molecule has 0 atom stereocenters. The maximum absolute atomic E-state index is 6.17. The number of halogens is 1. The van der Waals surface area contributed by atoms with Gasteiger partial charge in [-0.15, -0.1) is 0 Å². The Morgan fingerprint density at radius 1 is 1.29 bits per heavy atom. The Morgan fingerprint density at radius 3 is 2.71 bits per heavy atom. The molecule has 118 valence electrons. The van der Waals surface area contributed by atoms with E-state index in [9.17, 15) is 0 Å². The van der Waals surface area contributed by atoms with Crippen molar-refractivity contribution >= 4 is 23.4 Å². The monoisotopic (exact) mass is 311 g/mol. The standard InChI is InChI=1S/C15H26ClN5/c1-3-7-17-15-19-11-13(16)14(20-15)18-10-12-5-8-21(4-2)9-6-12/h11-12H,3-10H2,1-2H3,(H2,17,18,19,20). The van der Waals surface area contributed by atoms with Crippen molar-refractivity contribution in [3.8, 4) is 0 Å². The minimum Gasteiger partial charge on any atom is -0.368 e. The highest BCUT2D eigenvalue weighted by Gasteiger charge is 2.18. The zero-order valence-electron chi connectivity index (χ0n) is 13.0. The molecule has 0 unspecified atom stereocenters. The van der Waals surface area contributed by atoms with Gasteiger partial charge in [-0.3, -0.25) is 0 Å². The molecule has 0 radical (unpaired) electrons. The third-order valence-electron chi connectivity index (χ3n) is 3.99. The summed E-state index contributed by atoms with van der Waals surface area (Å²) >= 11 is 6.17. The van der Waals surface area contributed by atoms with Crippen molar-refractivity contribution in [3.05, 3.63) is 11.2 Å². The van der Waals surface area contributed by atoms with E-state index in [2.05, 4.69) is 39.3 Å². The Balaban J connectivity index is 1.84. The van der Waals surface area contributed by atoms with Crippen LogP contribution in [0.3, 0.4) is 0 Å². The fourth-order valence-corrected chi connectivity index (χ4v) is 2.72. The van der Waals surface area contributed by atoms with Gasteiger partial charge < -0.3 is 15.5 Å². The van der Waals surface area contributed by atoms with Crippen molar-refractivity contribution in [2.75, 3.05) is 43.4 Å². The van der Waals surface area contributed by atoms with Crippen molar-refractivity contribution in [1.29, 1.82) is 0 Å². The van der Waals surface area contributed by atoms with Gasteiger partial charge in [-0.25, -0.2) is 4.98 Å². The number of nitrogens with zero attached hydrogens (tertiary/aromatic N) is 3. The van der Waals surface area contributed by atoms with E-state index in [1.807, 2.05) is 0 Å². The van der Waals surface area contributed by atoms with E-state index in [-0.39, 0.29) is 0 Å². The van der Waals surface area contributed by atoms with Crippen LogP contribution in [-0.4, -0.2) is 47.6 Å². The highest BCUT2D eigenvalue weighted by Crippen LogP contribution is 2.22. The van der Waals surface area contributed by atoms with Crippen LogP contribution < -0.4 is 10.6 Å². The van der Waals surface area contributed by atoms with Gasteiger partial charge in [-0.1, -0.05) is 25.4 Å². The van der Waals surface area contributed by atoms with Gasteiger partial charge in [0.2, 0.25) is 5.95 Å². The molecule has 1 saturated heterocycles. The lowest BCUT2D eigenvalue weighted by Gasteiger charge is -2.31. The van der Waals surface area contributed by atoms with Crippen molar-refractivity contribution in [2.24, 2.45) is 5.92 Å². The molecule has 2 heterocycles. The Kier molecular flexibility index (Phi) is 6.51. The topological polar surface area (TPSA) is 53.1 Å². The second-order valence-electron chi connectivity index (χ2n) is 5.58. The van der Waals surface area contributed by atoms with Crippen LogP contribution in [0.2, 0.25) is 5.02 Å². The second-order valence-corrected chi connectivity index (χ2v) is 5.98. The Labute approximate surface area is 132 Å². The highest BCUT2D eigenvalue weighted by molar-refractivity contribution is 6.32. The molecule has 0 saturated carbocycles. The summed E-state index contributed by atoms with van der Waals surface area (Å²) in [5.74, 6) is 2.08. The number of anilines is 2. The van der Waals surface area contributed by atoms with E-state index in [1.54, 1.807) is 6.20 Å². The molecule has 0 aromatic carbocycles. The van der Waals surface area contributed by atoms with Crippen molar-refractivity contribution in [2.45, 2.75) is 33.1 Å². The van der Waals surface area contributed by atoms with Gasteiger partial charge in [-0.05, 0) is 44.8 Å². The SMILES string of the molecule is CCCNc1ncc(Cl)c(NCC2CCN(CC)CC2)n1. The summed E-state index contributed by atoms with van der Waals surface area (Å²) in [7, 11) is 0. The van der Waals surface area contributed by atoms with Crippen LogP contribution in [0.15, 0.2) is 6.20 Å². The van der Waals surface area contributed by atoms with Gasteiger partial charge in [0.15, 0.2) is 0 Å². The molecular formula is C15H26ClN5. The molecule has 0 bridgehead atoms. The molecule has 0 spiro atoms. The maximum Gasteiger partial charge on any atom is 0.224 e. The minimum absolute atomic E-state index is 0.586. The summed E-state index contributed by atoms with van der Waals surface area (Å²) in [6.07, 6.45) is 5.19. The van der Waals surface area contributed by atoms with Crippen LogP contribution in [0, 0.1) is 5.92 Å². The normalized spacial score (nSPS) is 16.9. The largest absolute Gasteiger partial charge is 0.368 e. The quantitative estimate of drug-likeness (QED) is 0.810. The molecule has 1 aliphatic rings. The third kappa shape index (κ3) is 5.00.